The predicted molar refractivity (Wildman–Crippen MR) is 99.1 cm³/mol. The zero-order chi connectivity index (χ0) is 22.1. The summed E-state index contributed by atoms with van der Waals surface area (Å²) in [6, 6.07) is 0. The van der Waals surface area contributed by atoms with Crippen LogP contribution in [0.15, 0.2) is 12.7 Å². The van der Waals surface area contributed by atoms with Gasteiger partial charge in [0.15, 0.2) is 0 Å². The summed E-state index contributed by atoms with van der Waals surface area (Å²) in [7, 11) is 0. The summed E-state index contributed by atoms with van der Waals surface area (Å²) < 4.78 is 4.97. The first kappa shape index (κ1) is 28.6. The lowest BCUT2D eigenvalue weighted by molar-refractivity contribution is -0.287. The summed E-state index contributed by atoms with van der Waals surface area (Å²) in [6.45, 7) is 5.61. The quantitative estimate of drug-likeness (QED) is 0.0809. The molecule has 10 nitrogen and oxygen atoms in total. The van der Waals surface area contributed by atoms with Crippen LogP contribution in [0.3, 0.4) is 0 Å². The molecular formula is C18H34O10. The molecule has 0 aliphatic heterocycles. The molecule has 0 saturated heterocycles. The van der Waals surface area contributed by atoms with Gasteiger partial charge < -0.3 is 30.3 Å². The minimum absolute atomic E-state index is 0.151. The number of hydrogen-bond donors (Lipinski definition) is 5. The first-order valence-electron chi connectivity index (χ1n) is 8.99. The molecule has 0 aromatic carbocycles. The molecule has 166 valence electrons. The molecule has 0 radical (unpaired) electrons. The largest absolute Gasteiger partial charge is 0.481 e. The Bertz CT molecular complexity index is 414. The summed E-state index contributed by atoms with van der Waals surface area (Å²) in [5, 5.41) is 44.0. The highest BCUT2D eigenvalue weighted by molar-refractivity contribution is 5.77. The van der Waals surface area contributed by atoms with Gasteiger partial charge in [0.25, 0.3) is 0 Å². The van der Waals surface area contributed by atoms with Crippen LogP contribution in [0.25, 0.3) is 0 Å². The molecule has 0 aliphatic rings. The molecule has 0 amide bonds. The second-order valence-corrected chi connectivity index (χ2v) is 6.09. The standard InChI is InChI=1S/C12H22O6.C6H12O4/c1-3-6-17-18-8-5-7-16-11(15)12(4-2,9-13)10-14;1-2-6(3-7,4-8)5(9)10/h3,13-14H,1,4-10H2,2H3;7-8H,2-4H2,1H3,(H,9,10). The number of aliphatic carboxylic acids is 1. The van der Waals surface area contributed by atoms with E-state index in [1.54, 1.807) is 19.9 Å². The zero-order valence-electron chi connectivity index (χ0n) is 16.6. The Balaban J connectivity index is 0. The number of aliphatic hydroxyl groups is 4. The molecule has 28 heavy (non-hydrogen) atoms. The second-order valence-electron chi connectivity index (χ2n) is 6.09. The predicted octanol–water partition coefficient (Wildman–Crippen LogP) is -0.113. The van der Waals surface area contributed by atoms with Crippen molar-refractivity contribution in [3.63, 3.8) is 0 Å². The first-order chi connectivity index (χ1) is 13.3. The molecule has 0 atom stereocenters. The van der Waals surface area contributed by atoms with Gasteiger partial charge in [0, 0.05) is 6.42 Å². The van der Waals surface area contributed by atoms with E-state index in [1.165, 1.54) is 0 Å². The summed E-state index contributed by atoms with van der Waals surface area (Å²) >= 11 is 0. The molecular weight excluding hydrogens is 376 g/mol. The van der Waals surface area contributed by atoms with Crippen molar-refractivity contribution in [2.45, 2.75) is 33.1 Å². The average Bonchev–Trinajstić information content (AvgIpc) is 2.71. The number of carbonyl (C=O) groups is 2. The van der Waals surface area contributed by atoms with Gasteiger partial charge in [-0.15, -0.1) is 6.58 Å². The lowest BCUT2D eigenvalue weighted by Crippen LogP contribution is -2.39. The molecule has 0 aromatic rings. The molecule has 5 N–H and O–H groups in total. The van der Waals surface area contributed by atoms with E-state index < -0.39 is 49.2 Å². The molecule has 10 heteroatoms. The van der Waals surface area contributed by atoms with Gasteiger partial charge in [0.2, 0.25) is 0 Å². The Kier molecular flexibility index (Phi) is 16.8. The Morgan fingerprint density at radius 3 is 1.71 bits per heavy atom. The van der Waals surface area contributed by atoms with Crippen molar-refractivity contribution in [3.8, 4) is 0 Å². The number of rotatable bonds is 15. The van der Waals surface area contributed by atoms with E-state index in [1.807, 2.05) is 0 Å². The van der Waals surface area contributed by atoms with Gasteiger partial charge in [-0.25, -0.2) is 9.78 Å². The number of carboxylic acid groups (broad SMARTS) is 1. The van der Waals surface area contributed by atoms with E-state index in [-0.39, 0.29) is 13.0 Å². The van der Waals surface area contributed by atoms with Crippen molar-refractivity contribution in [1.29, 1.82) is 0 Å². The molecule has 0 aromatic heterocycles. The third kappa shape index (κ3) is 9.58. The van der Waals surface area contributed by atoms with Crippen molar-refractivity contribution in [2.75, 3.05) is 46.2 Å². The highest BCUT2D eigenvalue weighted by Gasteiger charge is 2.37. The highest BCUT2D eigenvalue weighted by atomic mass is 17.2. The molecule has 0 aliphatic carbocycles. The third-order valence-electron chi connectivity index (χ3n) is 4.33. The lowest BCUT2D eigenvalue weighted by atomic mass is 9.87. The highest BCUT2D eigenvalue weighted by Crippen LogP contribution is 2.22. The minimum Gasteiger partial charge on any atom is -0.481 e. The number of carbonyl (C=O) groups excluding carboxylic acids is 1. The van der Waals surface area contributed by atoms with Crippen molar-refractivity contribution in [3.05, 3.63) is 12.7 Å². The van der Waals surface area contributed by atoms with Crippen LogP contribution in [-0.4, -0.2) is 83.7 Å². The van der Waals surface area contributed by atoms with Crippen LogP contribution in [0.1, 0.15) is 33.1 Å². The van der Waals surface area contributed by atoms with Crippen LogP contribution in [0.2, 0.25) is 0 Å². The first-order valence-corrected chi connectivity index (χ1v) is 8.99. The maximum absolute atomic E-state index is 11.7. The molecule has 0 bridgehead atoms. The monoisotopic (exact) mass is 410 g/mol. The van der Waals surface area contributed by atoms with Gasteiger partial charge in [-0.1, -0.05) is 19.9 Å². The number of aliphatic hydroxyl groups excluding tert-OH is 4. The van der Waals surface area contributed by atoms with Crippen molar-refractivity contribution < 1.29 is 49.6 Å². The van der Waals surface area contributed by atoms with Crippen molar-refractivity contribution in [2.24, 2.45) is 10.8 Å². The number of carboxylic acids is 1. The van der Waals surface area contributed by atoms with Gasteiger partial charge in [0.05, 0.1) is 39.6 Å². The number of hydrogen-bond acceptors (Lipinski definition) is 9. The molecule has 0 saturated carbocycles. The SMILES string of the molecule is C=CCOOCCCOC(=O)C(CC)(CO)CO.CCC(CO)(CO)C(=O)O. The number of esters is 1. The molecule has 0 unspecified atom stereocenters. The van der Waals surface area contributed by atoms with Crippen LogP contribution >= 0.6 is 0 Å². The van der Waals surface area contributed by atoms with Crippen LogP contribution in [0.4, 0.5) is 0 Å². The van der Waals surface area contributed by atoms with E-state index in [2.05, 4.69) is 11.5 Å². The van der Waals surface area contributed by atoms with E-state index in [4.69, 9.17) is 35.2 Å². The maximum Gasteiger partial charge on any atom is 0.316 e. The Morgan fingerprint density at radius 2 is 1.39 bits per heavy atom. The van der Waals surface area contributed by atoms with E-state index >= 15 is 0 Å². The van der Waals surface area contributed by atoms with Crippen LogP contribution in [0.5, 0.6) is 0 Å². The van der Waals surface area contributed by atoms with Gasteiger partial charge >= 0.3 is 11.9 Å². The molecule has 0 fully saturated rings. The minimum atomic E-state index is -1.35. The summed E-state index contributed by atoms with van der Waals surface area (Å²) in [6.07, 6.45) is 2.57. The van der Waals surface area contributed by atoms with Crippen LogP contribution in [-0.2, 0) is 24.1 Å². The van der Waals surface area contributed by atoms with Crippen LogP contribution < -0.4 is 0 Å². The lowest BCUT2D eigenvalue weighted by Gasteiger charge is -2.25. The average molecular weight is 410 g/mol. The number of ether oxygens (including phenoxy) is 1. The van der Waals surface area contributed by atoms with Crippen molar-refractivity contribution in [1.82, 2.24) is 0 Å². The third-order valence-corrected chi connectivity index (χ3v) is 4.33. The van der Waals surface area contributed by atoms with E-state index in [9.17, 15) is 9.59 Å². The fraction of sp³-hybridized carbons (Fsp3) is 0.778. The van der Waals surface area contributed by atoms with Gasteiger partial charge in [-0.05, 0) is 12.8 Å². The van der Waals surface area contributed by atoms with Gasteiger partial charge in [0.1, 0.15) is 17.4 Å². The van der Waals surface area contributed by atoms with Gasteiger partial charge in [-0.2, -0.15) is 0 Å². The Labute approximate surface area is 165 Å². The van der Waals surface area contributed by atoms with E-state index in [0.717, 1.165) is 0 Å². The summed E-state index contributed by atoms with van der Waals surface area (Å²) in [5.41, 5.74) is -2.56. The van der Waals surface area contributed by atoms with Crippen LogP contribution in [0, 0.1) is 10.8 Å². The smallest absolute Gasteiger partial charge is 0.316 e. The topological polar surface area (TPSA) is 163 Å². The Hall–Kier alpha value is -1.56. The molecule has 0 heterocycles. The maximum atomic E-state index is 11.7. The fourth-order valence-electron chi connectivity index (χ4n) is 1.70. The normalized spacial score (nSPS) is 11.4. The Morgan fingerprint density at radius 1 is 0.893 bits per heavy atom. The van der Waals surface area contributed by atoms with Crippen molar-refractivity contribution >= 4 is 11.9 Å². The van der Waals surface area contributed by atoms with Gasteiger partial charge in [-0.3, -0.25) is 9.59 Å². The summed E-state index contributed by atoms with van der Waals surface area (Å²) in [5.74, 6) is -1.75. The molecule has 0 spiro atoms. The zero-order valence-corrected chi connectivity index (χ0v) is 16.6. The fourth-order valence-corrected chi connectivity index (χ4v) is 1.70. The second kappa shape index (κ2) is 16.4. The summed E-state index contributed by atoms with van der Waals surface area (Å²) in [4.78, 5) is 31.5. The van der Waals surface area contributed by atoms with E-state index in [0.29, 0.717) is 26.1 Å². The molecule has 0 rings (SSSR count).